The van der Waals surface area contributed by atoms with Gasteiger partial charge in [-0.05, 0) is 11.1 Å². The van der Waals surface area contributed by atoms with E-state index in [1.165, 1.54) is 0 Å². The number of hydrogen-bond donors (Lipinski definition) is 0. The minimum atomic E-state index is -0.837. The monoisotopic (exact) mass is 282 g/mol. The molecular formula is C17H16NO3. The van der Waals surface area contributed by atoms with Gasteiger partial charge < -0.3 is 4.74 Å². The Balaban J connectivity index is 1.69. The Morgan fingerprint density at radius 1 is 0.857 bits per heavy atom. The van der Waals surface area contributed by atoms with E-state index < -0.39 is 11.8 Å². The fourth-order valence-electron chi connectivity index (χ4n) is 1.74. The summed E-state index contributed by atoms with van der Waals surface area (Å²) in [5.41, 5.74) is 1.85. The van der Waals surface area contributed by atoms with Crippen LogP contribution in [0.15, 0.2) is 60.7 Å². The number of carbonyl (C=O) groups is 2. The summed E-state index contributed by atoms with van der Waals surface area (Å²) in [7, 11) is 0. The molecule has 0 aromatic heterocycles. The van der Waals surface area contributed by atoms with Crippen LogP contribution in [-0.2, 0) is 27.5 Å². The maximum atomic E-state index is 11.6. The summed E-state index contributed by atoms with van der Waals surface area (Å²) in [5.74, 6) is -1.46. The number of hydrogen-bond acceptors (Lipinski definition) is 3. The second-order valence-corrected chi connectivity index (χ2v) is 4.51. The molecule has 0 bridgehead atoms. The van der Waals surface area contributed by atoms with E-state index in [1.807, 2.05) is 60.7 Å². The van der Waals surface area contributed by atoms with E-state index in [0.717, 1.165) is 11.1 Å². The zero-order chi connectivity index (χ0) is 14.9. The summed E-state index contributed by atoms with van der Waals surface area (Å²) in [4.78, 5) is 23.1. The van der Waals surface area contributed by atoms with Crippen LogP contribution in [0.5, 0.6) is 0 Å². The molecule has 1 radical (unpaired) electrons. The first-order valence-corrected chi connectivity index (χ1v) is 6.67. The second kappa shape index (κ2) is 7.97. The maximum Gasteiger partial charge on any atom is 0.376 e. The van der Waals surface area contributed by atoms with Gasteiger partial charge in [0, 0.05) is 6.54 Å². The fraction of sp³-hybridized carbons (Fsp3) is 0.176. The molecule has 0 amide bonds. The molecule has 0 N–H and O–H groups in total. The highest BCUT2D eigenvalue weighted by atomic mass is 16.5. The van der Waals surface area contributed by atoms with Gasteiger partial charge in [-0.3, -0.25) is 4.79 Å². The van der Waals surface area contributed by atoms with Gasteiger partial charge in [-0.15, -0.1) is 0 Å². The van der Waals surface area contributed by atoms with Crippen molar-refractivity contribution in [1.82, 2.24) is 5.32 Å². The summed E-state index contributed by atoms with van der Waals surface area (Å²) in [6, 6.07) is 18.8. The summed E-state index contributed by atoms with van der Waals surface area (Å²) in [6.45, 7) is 0.366. The quantitative estimate of drug-likeness (QED) is 0.577. The smallest absolute Gasteiger partial charge is 0.376 e. The lowest BCUT2D eigenvalue weighted by Crippen LogP contribution is -2.26. The van der Waals surface area contributed by atoms with E-state index in [2.05, 4.69) is 5.32 Å². The third kappa shape index (κ3) is 5.20. The summed E-state index contributed by atoms with van der Waals surface area (Å²) in [5, 5.41) is 4.07. The van der Waals surface area contributed by atoms with Crippen molar-refractivity contribution < 1.29 is 14.3 Å². The van der Waals surface area contributed by atoms with Gasteiger partial charge in [-0.1, -0.05) is 60.7 Å². The van der Waals surface area contributed by atoms with Crippen LogP contribution >= 0.6 is 0 Å². The lowest BCUT2D eigenvalue weighted by Gasteiger charge is -2.04. The van der Waals surface area contributed by atoms with Gasteiger partial charge in [0.15, 0.2) is 0 Å². The Hall–Kier alpha value is -2.46. The Morgan fingerprint density at radius 3 is 2.05 bits per heavy atom. The van der Waals surface area contributed by atoms with Crippen LogP contribution in [-0.4, -0.2) is 18.3 Å². The molecule has 2 aromatic rings. The summed E-state index contributed by atoms with van der Waals surface area (Å²) < 4.78 is 4.94. The van der Waals surface area contributed by atoms with Crippen molar-refractivity contribution in [2.75, 3.05) is 6.54 Å². The van der Waals surface area contributed by atoms with E-state index in [1.54, 1.807) is 0 Å². The first kappa shape index (κ1) is 14.9. The van der Waals surface area contributed by atoms with Crippen LogP contribution in [0.2, 0.25) is 0 Å². The average Bonchev–Trinajstić information content (AvgIpc) is 2.54. The van der Waals surface area contributed by atoms with Gasteiger partial charge >= 0.3 is 5.97 Å². The largest absolute Gasteiger partial charge is 0.455 e. The molecule has 0 spiro atoms. The van der Waals surface area contributed by atoms with Crippen LogP contribution < -0.4 is 5.32 Å². The molecule has 21 heavy (non-hydrogen) atoms. The molecule has 0 atom stereocenters. The highest BCUT2D eigenvalue weighted by molar-refractivity contribution is 6.34. The fourth-order valence-corrected chi connectivity index (χ4v) is 1.74. The van der Waals surface area contributed by atoms with E-state index >= 15 is 0 Å². The number of carbonyl (C=O) groups excluding carboxylic acids is 2. The van der Waals surface area contributed by atoms with Gasteiger partial charge in [0.1, 0.15) is 6.61 Å². The van der Waals surface area contributed by atoms with Gasteiger partial charge in [-0.2, -0.15) is 0 Å². The van der Waals surface area contributed by atoms with Crippen molar-refractivity contribution in [3.63, 3.8) is 0 Å². The van der Waals surface area contributed by atoms with E-state index in [-0.39, 0.29) is 13.2 Å². The lowest BCUT2D eigenvalue weighted by molar-refractivity contribution is -0.154. The third-order valence-electron chi connectivity index (χ3n) is 2.83. The first-order chi connectivity index (χ1) is 10.3. The number of ketones is 1. The molecule has 0 unspecified atom stereocenters. The van der Waals surface area contributed by atoms with Crippen LogP contribution in [0.1, 0.15) is 11.1 Å². The van der Waals surface area contributed by atoms with E-state index in [4.69, 9.17) is 4.74 Å². The van der Waals surface area contributed by atoms with Gasteiger partial charge in [0.05, 0.1) is 6.54 Å². The Morgan fingerprint density at radius 2 is 1.43 bits per heavy atom. The summed E-state index contributed by atoms with van der Waals surface area (Å²) in [6.07, 6.45) is 0. The zero-order valence-corrected chi connectivity index (χ0v) is 11.6. The predicted octanol–water partition coefficient (Wildman–Crippen LogP) is 2.10. The van der Waals surface area contributed by atoms with Crippen LogP contribution in [0.3, 0.4) is 0 Å². The predicted molar refractivity (Wildman–Crippen MR) is 78.4 cm³/mol. The minimum absolute atomic E-state index is 0.101. The molecule has 2 aromatic carbocycles. The van der Waals surface area contributed by atoms with Crippen molar-refractivity contribution >= 4 is 11.8 Å². The van der Waals surface area contributed by atoms with Crippen LogP contribution in [0, 0.1) is 0 Å². The highest BCUT2D eigenvalue weighted by Crippen LogP contribution is 2.01. The minimum Gasteiger partial charge on any atom is -0.455 e. The molecule has 0 heterocycles. The molecular weight excluding hydrogens is 266 g/mol. The maximum absolute atomic E-state index is 11.6. The second-order valence-electron chi connectivity index (χ2n) is 4.51. The summed E-state index contributed by atoms with van der Waals surface area (Å²) >= 11 is 0. The molecule has 107 valence electrons. The third-order valence-corrected chi connectivity index (χ3v) is 2.83. The number of benzene rings is 2. The van der Waals surface area contributed by atoms with Crippen LogP contribution in [0.4, 0.5) is 0 Å². The Labute approximate surface area is 123 Å². The number of esters is 1. The average molecular weight is 282 g/mol. The van der Waals surface area contributed by atoms with Crippen molar-refractivity contribution in [2.24, 2.45) is 0 Å². The van der Waals surface area contributed by atoms with Crippen molar-refractivity contribution in [1.29, 1.82) is 0 Å². The molecule has 2 rings (SSSR count). The first-order valence-electron chi connectivity index (χ1n) is 6.67. The Bertz CT molecular complexity index is 581. The zero-order valence-electron chi connectivity index (χ0n) is 11.6. The lowest BCUT2D eigenvalue weighted by atomic mass is 10.2. The SMILES string of the molecule is O=C(C[N]Cc1ccccc1)C(=O)OCc1ccccc1. The van der Waals surface area contributed by atoms with Gasteiger partial charge in [0.2, 0.25) is 0 Å². The normalized spacial score (nSPS) is 10.1. The van der Waals surface area contributed by atoms with Crippen LogP contribution in [0.25, 0.3) is 0 Å². The molecule has 0 aliphatic rings. The van der Waals surface area contributed by atoms with E-state index in [9.17, 15) is 9.59 Å². The van der Waals surface area contributed by atoms with Gasteiger partial charge in [0.25, 0.3) is 5.78 Å². The topological polar surface area (TPSA) is 57.5 Å². The molecule has 4 heteroatoms. The molecule has 0 aliphatic heterocycles. The van der Waals surface area contributed by atoms with Crippen molar-refractivity contribution in [2.45, 2.75) is 13.2 Å². The molecule has 0 aliphatic carbocycles. The number of nitrogens with zero attached hydrogens (tertiary/aromatic N) is 1. The van der Waals surface area contributed by atoms with E-state index in [0.29, 0.717) is 6.54 Å². The standard InChI is InChI=1S/C17H16NO3/c19-16(12-18-11-14-7-3-1-4-8-14)17(20)21-13-15-9-5-2-6-10-15/h1-10H,11-13H2. The Kier molecular flexibility index (Phi) is 5.67. The highest BCUT2D eigenvalue weighted by Gasteiger charge is 2.15. The number of Topliss-reactive ketones (excluding diaryl/α,β-unsaturated/α-hetero) is 1. The van der Waals surface area contributed by atoms with Crippen molar-refractivity contribution in [3.05, 3.63) is 71.8 Å². The number of ether oxygens (including phenoxy) is 1. The number of rotatable bonds is 7. The molecule has 0 saturated heterocycles. The van der Waals surface area contributed by atoms with Crippen molar-refractivity contribution in [3.8, 4) is 0 Å². The molecule has 0 fully saturated rings. The molecule has 0 saturated carbocycles. The van der Waals surface area contributed by atoms with Gasteiger partial charge in [-0.25, -0.2) is 10.1 Å². The molecule has 4 nitrogen and oxygen atoms in total.